The molecule has 188 valence electrons. The van der Waals surface area contributed by atoms with Crippen LogP contribution in [0.4, 0.5) is 8.78 Å². The summed E-state index contributed by atoms with van der Waals surface area (Å²) in [6.07, 6.45) is 3.94. The number of aromatic nitrogens is 3. The van der Waals surface area contributed by atoms with Gasteiger partial charge in [-0.25, -0.2) is 18.3 Å². The maximum atomic E-state index is 14.3. The number of benzene rings is 1. The molecule has 2 aromatic heterocycles. The van der Waals surface area contributed by atoms with Crippen LogP contribution in [-0.2, 0) is 11.3 Å². The summed E-state index contributed by atoms with van der Waals surface area (Å²) < 4.78 is 28.7. The first-order chi connectivity index (χ1) is 17.1. The number of carbonyl (C=O) groups excluding carboxylic acids is 2. The van der Waals surface area contributed by atoms with Crippen LogP contribution in [0.3, 0.4) is 0 Å². The summed E-state index contributed by atoms with van der Waals surface area (Å²) in [5.41, 5.74) is -1.07. The highest BCUT2D eigenvalue weighted by atomic mass is 35.5. The molecule has 0 atom stereocenters. The number of carboxylic acids is 1. The Bertz CT molecular complexity index is 1400. The van der Waals surface area contributed by atoms with Gasteiger partial charge in [0.1, 0.15) is 17.2 Å². The molecule has 2 amide bonds. The van der Waals surface area contributed by atoms with Crippen LogP contribution in [-0.4, -0.2) is 44.0 Å². The van der Waals surface area contributed by atoms with Crippen molar-refractivity contribution in [2.45, 2.75) is 38.6 Å². The summed E-state index contributed by atoms with van der Waals surface area (Å²) in [5, 5.41) is 18.8. The van der Waals surface area contributed by atoms with Crippen LogP contribution in [0.5, 0.6) is 0 Å². The number of halogens is 3. The van der Waals surface area contributed by atoms with Crippen molar-refractivity contribution in [2.75, 3.05) is 6.54 Å². The van der Waals surface area contributed by atoms with Gasteiger partial charge < -0.3 is 15.7 Å². The lowest BCUT2D eigenvalue weighted by atomic mass is 9.82. The van der Waals surface area contributed by atoms with Gasteiger partial charge >= 0.3 is 5.97 Å². The Morgan fingerprint density at radius 3 is 2.47 bits per heavy atom. The van der Waals surface area contributed by atoms with Crippen molar-refractivity contribution < 1.29 is 28.3 Å². The number of aliphatic carboxylic acids is 1. The van der Waals surface area contributed by atoms with Crippen LogP contribution in [0.2, 0.25) is 5.02 Å². The van der Waals surface area contributed by atoms with E-state index < -0.39 is 34.8 Å². The van der Waals surface area contributed by atoms with Crippen molar-refractivity contribution >= 4 is 35.0 Å². The van der Waals surface area contributed by atoms with Gasteiger partial charge in [-0.15, -0.1) is 0 Å². The van der Waals surface area contributed by atoms with E-state index in [1.807, 2.05) is 0 Å². The van der Waals surface area contributed by atoms with Gasteiger partial charge in [0.25, 0.3) is 11.8 Å². The molecule has 0 saturated heterocycles. The number of fused-ring (bicyclic) bond motifs is 3. The molecule has 2 aliphatic carbocycles. The summed E-state index contributed by atoms with van der Waals surface area (Å²) in [6.45, 7) is 0.268. The van der Waals surface area contributed by atoms with Gasteiger partial charge in [0.05, 0.1) is 16.6 Å². The maximum absolute atomic E-state index is 14.3. The minimum Gasteiger partial charge on any atom is -0.481 e. The Morgan fingerprint density at radius 1 is 1.06 bits per heavy atom. The minimum absolute atomic E-state index is 0.00279. The molecule has 12 heteroatoms. The minimum atomic E-state index is -0.805. The highest BCUT2D eigenvalue weighted by Crippen LogP contribution is 2.61. The second-order valence-electron chi connectivity index (χ2n) is 9.63. The topological polar surface area (TPSA) is 126 Å². The molecule has 0 radical (unpaired) electrons. The molecule has 9 nitrogen and oxygen atoms in total. The van der Waals surface area contributed by atoms with E-state index in [1.54, 1.807) is 0 Å². The molecule has 0 spiro atoms. The molecule has 2 heterocycles. The largest absolute Gasteiger partial charge is 0.481 e. The molecule has 2 aliphatic rings. The number of hydrogen-bond donors (Lipinski definition) is 3. The van der Waals surface area contributed by atoms with Crippen molar-refractivity contribution in [3.8, 4) is 0 Å². The van der Waals surface area contributed by atoms with Gasteiger partial charge in [-0.3, -0.25) is 14.4 Å². The van der Waals surface area contributed by atoms with Crippen LogP contribution >= 0.6 is 11.6 Å². The summed E-state index contributed by atoms with van der Waals surface area (Å²) in [4.78, 5) is 41.6. The van der Waals surface area contributed by atoms with Gasteiger partial charge in [0.15, 0.2) is 11.5 Å². The number of carbonyl (C=O) groups is 3. The monoisotopic (exact) mass is 517 g/mol. The predicted molar refractivity (Wildman–Crippen MR) is 123 cm³/mol. The summed E-state index contributed by atoms with van der Waals surface area (Å²) in [5.74, 6) is -3.45. The number of amides is 2. The number of carboxylic acid groups (broad SMARTS) is 1. The van der Waals surface area contributed by atoms with Crippen molar-refractivity contribution in [2.24, 2.45) is 10.8 Å². The molecule has 3 N–H and O–H groups in total. The van der Waals surface area contributed by atoms with Crippen LogP contribution in [0.25, 0.3) is 5.65 Å². The molecule has 36 heavy (non-hydrogen) atoms. The lowest BCUT2D eigenvalue weighted by Gasteiger charge is -2.26. The number of rotatable bonds is 7. The SMILES string of the molecule is O=C(NCc1ccc(F)c(Cl)c1)c1cc(C(=O)NCC23CCC(C(=O)O)(CC2)C3)n2ncc(F)c2n1. The van der Waals surface area contributed by atoms with Gasteiger partial charge in [-0.1, -0.05) is 17.7 Å². The lowest BCUT2D eigenvalue weighted by molar-refractivity contribution is -0.148. The molecule has 1 aromatic carbocycles. The van der Waals surface area contributed by atoms with Crippen LogP contribution in [0.15, 0.2) is 30.5 Å². The van der Waals surface area contributed by atoms with Crippen LogP contribution in [0, 0.1) is 22.5 Å². The van der Waals surface area contributed by atoms with E-state index in [-0.39, 0.29) is 40.6 Å². The zero-order valence-electron chi connectivity index (χ0n) is 19.0. The number of nitrogens with one attached hydrogen (secondary N) is 2. The second kappa shape index (κ2) is 8.81. The third-order valence-corrected chi connectivity index (χ3v) is 7.68. The van der Waals surface area contributed by atoms with Crippen LogP contribution < -0.4 is 10.6 Å². The third-order valence-electron chi connectivity index (χ3n) is 7.39. The average molecular weight is 518 g/mol. The van der Waals surface area contributed by atoms with E-state index in [4.69, 9.17) is 11.6 Å². The van der Waals surface area contributed by atoms with Gasteiger partial charge in [0.2, 0.25) is 0 Å². The Morgan fingerprint density at radius 2 is 1.81 bits per heavy atom. The standard InChI is InChI=1S/C24H22ClF2N5O4/c25-14-7-13(1-2-15(14)26)9-28-20(33)17-8-18(32-19(31-17)16(27)10-30-32)21(34)29-12-23-3-5-24(11-23,6-4-23)22(35)36/h1-2,7-8,10H,3-6,9,11-12H2,(H,28,33)(H,29,34)(H,35,36). The first-order valence-corrected chi connectivity index (χ1v) is 11.8. The summed E-state index contributed by atoms with van der Waals surface area (Å²) in [7, 11) is 0. The van der Waals surface area contributed by atoms with E-state index in [9.17, 15) is 28.3 Å². The Labute approximate surface area is 208 Å². The predicted octanol–water partition coefficient (Wildman–Crippen LogP) is 3.36. The fourth-order valence-corrected chi connectivity index (χ4v) is 5.56. The van der Waals surface area contributed by atoms with Crippen molar-refractivity contribution in [1.82, 2.24) is 25.2 Å². The second-order valence-corrected chi connectivity index (χ2v) is 10.0. The first-order valence-electron chi connectivity index (χ1n) is 11.4. The average Bonchev–Trinajstić information content (AvgIpc) is 3.55. The van der Waals surface area contributed by atoms with Crippen molar-refractivity contribution in [1.29, 1.82) is 0 Å². The molecule has 0 unspecified atom stereocenters. The fraction of sp³-hybridized carbons (Fsp3) is 0.375. The van der Waals surface area contributed by atoms with Gasteiger partial charge in [-0.05, 0) is 55.2 Å². The Kier molecular flexibility index (Phi) is 5.90. The molecule has 2 fully saturated rings. The quantitative estimate of drug-likeness (QED) is 0.441. The smallest absolute Gasteiger partial charge is 0.309 e. The Hall–Kier alpha value is -3.60. The number of hydrogen-bond acceptors (Lipinski definition) is 5. The van der Waals surface area contributed by atoms with Crippen LogP contribution in [0.1, 0.15) is 58.6 Å². The lowest BCUT2D eigenvalue weighted by Crippen LogP contribution is -2.36. The fourth-order valence-electron chi connectivity index (χ4n) is 5.35. The van der Waals surface area contributed by atoms with E-state index in [1.165, 1.54) is 24.3 Å². The maximum Gasteiger partial charge on any atom is 0.309 e. The van der Waals surface area contributed by atoms with Crippen molar-refractivity contribution in [3.63, 3.8) is 0 Å². The van der Waals surface area contributed by atoms with E-state index in [0.29, 0.717) is 37.7 Å². The van der Waals surface area contributed by atoms with Gasteiger partial charge in [0, 0.05) is 19.2 Å². The highest BCUT2D eigenvalue weighted by Gasteiger charge is 2.58. The third kappa shape index (κ3) is 4.17. The summed E-state index contributed by atoms with van der Waals surface area (Å²) in [6, 6.07) is 5.21. The molecule has 2 bridgehead atoms. The van der Waals surface area contributed by atoms with E-state index >= 15 is 0 Å². The molecule has 2 saturated carbocycles. The molecule has 0 aliphatic heterocycles. The summed E-state index contributed by atoms with van der Waals surface area (Å²) >= 11 is 5.77. The number of nitrogens with zero attached hydrogens (tertiary/aromatic N) is 3. The zero-order valence-corrected chi connectivity index (χ0v) is 19.7. The Balaban J connectivity index is 1.34. The van der Waals surface area contributed by atoms with Gasteiger partial charge in [-0.2, -0.15) is 5.10 Å². The molecular weight excluding hydrogens is 496 g/mol. The highest BCUT2D eigenvalue weighted by molar-refractivity contribution is 6.30. The first kappa shape index (κ1) is 24.1. The molecular formula is C24H22ClF2N5O4. The zero-order chi connectivity index (χ0) is 25.7. The van der Waals surface area contributed by atoms with E-state index in [2.05, 4.69) is 20.7 Å². The molecule has 3 aromatic rings. The van der Waals surface area contributed by atoms with E-state index in [0.717, 1.165) is 10.7 Å². The molecule has 5 rings (SSSR count). The van der Waals surface area contributed by atoms with Crippen molar-refractivity contribution in [3.05, 3.63) is 64.1 Å². The normalized spacial score (nSPS) is 22.6.